The van der Waals surface area contributed by atoms with Gasteiger partial charge in [-0.25, -0.2) is 0 Å². The van der Waals surface area contributed by atoms with E-state index in [0.717, 1.165) is 0 Å². The van der Waals surface area contributed by atoms with Gasteiger partial charge in [0.05, 0.1) is 0 Å². The second-order valence-corrected chi connectivity index (χ2v) is 6.27. The molecule has 0 saturated carbocycles. The van der Waals surface area contributed by atoms with E-state index in [1.165, 1.54) is 24.3 Å². The maximum absolute atomic E-state index is 13.3. The number of hydrogen-bond acceptors (Lipinski definition) is 3. The third-order valence-electron chi connectivity index (χ3n) is 3.52. The third kappa shape index (κ3) is 2.72. The van der Waals surface area contributed by atoms with Gasteiger partial charge < -0.3 is 5.11 Å². The van der Waals surface area contributed by atoms with Crippen molar-refractivity contribution < 1.29 is 23.1 Å². The maximum atomic E-state index is 13.3. The molecular weight excluding hydrogens is 297 g/mol. The first-order chi connectivity index (χ1) is 9.97. The van der Waals surface area contributed by atoms with E-state index in [1.807, 2.05) is 0 Å². The minimum atomic E-state index is -5.01. The number of halogens is 3. The van der Waals surface area contributed by atoms with Gasteiger partial charge in [0.1, 0.15) is 0 Å². The molecule has 22 heavy (non-hydrogen) atoms. The number of carbonyl (C=O) groups excluding carboxylic acids is 1. The second-order valence-electron chi connectivity index (χ2n) is 6.27. The summed E-state index contributed by atoms with van der Waals surface area (Å²) >= 11 is 0. The molecule has 1 atom stereocenters. The second kappa shape index (κ2) is 5.08. The fourth-order valence-electron chi connectivity index (χ4n) is 2.10. The van der Waals surface area contributed by atoms with Crippen LogP contribution in [-0.2, 0) is 0 Å². The lowest BCUT2D eigenvalue weighted by Crippen LogP contribution is -2.56. The van der Waals surface area contributed by atoms with Crippen molar-refractivity contribution in [2.45, 2.75) is 39.1 Å². The highest BCUT2D eigenvalue weighted by Gasteiger charge is 2.64. The van der Waals surface area contributed by atoms with Crippen molar-refractivity contribution in [2.75, 3.05) is 0 Å². The number of rotatable bonds is 1. The molecule has 0 spiro atoms. The van der Waals surface area contributed by atoms with Gasteiger partial charge in [-0.1, -0.05) is 39.0 Å². The molecule has 1 heterocycles. The van der Waals surface area contributed by atoms with Gasteiger partial charge in [0.2, 0.25) is 0 Å². The number of aliphatic hydroxyl groups is 1. The molecule has 2 rings (SSSR count). The zero-order valence-corrected chi connectivity index (χ0v) is 12.5. The average molecular weight is 314 g/mol. The van der Waals surface area contributed by atoms with Gasteiger partial charge in [-0.2, -0.15) is 23.3 Å². The van der Waals surface area contributed by atoms with Crippen LogP contribution < -0.4 is 0 Å². The molecule has 0 radical (unpaired) electrons. The molecule has 0 aromatic heterocycles. The smallest absolute Gasteiger partial charge is 0.362 e. The summed E-state index contributed by atoms with van der Waals surface area (Å²) in [7, 11) is 0. The van der Waals surface area contributed by atoms with Gasteiger partial charge in [0.15, 0.2) is 0 Å². The SMILES string of the molecule is CC(C)(C)C1=NN(C(=O)c2ccccc2)[C@](O)(C(F)(F)F)C1. The number of benzene rings is 1. The van der Waals surface area contributed by atoms with Crippen LogP contribution in [0.1, 0.15) is 37.6 Å². The van der Waals surface area contributed by atoms with E-state index in [-0.39, 0.29) is 16.3 Å². The van der Waals surface area contributed by atoms with Crippen molar-refractivity contribution in [1.29, 1.82) is 0 Å². The minimum absolute atomic E-state index is 0.0316. The summed E-state index contributed by atoms with van der Waals surface area (Å²) in [4.78, 5) is 12.3. The number of hydrogen-bond donors (Lipinski definition) is 1. The molecule has 1 aliphatic rings. The van der Waals surface area contributed by atoms with Crippen LogP contribution >= 0.6 is 0 Å². The summed E-state index contributed by atoms with van der Waals surface area (Å²) in [6.07, 6.45) is -5.76. The Labute approximate surface area is 126 Å². The molecule has 0 saturated heterocycles. The van der Waals surface area contributed by atoms with Gasteiger partial charge in [0.25, 0.3) is 11.6 Å². The molecule has 120 valence electrons. The van der Waals surface area contributed by atoms with E-state index in [4.69, 9.17) is 0 Å². The minimum Gasteiger partial charge on any atom is -0.362 e. The van der Waals surface area contributed by atoms with Gasteiger partial charge >= 0.3 is 6.18 Å². The Bertz CT molecular complexity index is 605. The average Bonchev–Trinajstić information content (AvgIpc) is 2.78. The van der Waals surface area contributed by atoms with Crippen molar-refractivity contribution in [3.05, 3.63) is 35.9 Å². The van der Waals surface area contributed by atoms with Crippen LogP contribution in [0.4, 0.5) is 13.2 Å². The Morgan fingerprint density at radius 1 is 1.23 bits per heavy atom. The fourth-order valence-corrected chi connectivity index (χ4v) is 2.10. The van der Waals surface area contributed by atoms with Gasteiger partial charge in [-0.05, 0) is 12.1 Å². The molecule has 0 unspecified atom stereocenters. The molecule has 4 nitrogen and oxygen atoms in total. The molecular formula is C15H17F3N2O2. The number of nitrogens with zero attached hydrogens (tertiary/aromatic N) is 2. The van der Waals surface area contributed by atoms with Gasteiger partial charge in [-0.3, -0.25) is 4.79 Å². The lowest BCUT2D eigenvalue weighted by molar-refractivity contribution is -0.297. The molecule has 0 fully saturated rings. The monoisotopic (exact) mass is 314 g/mol. The van der Waals surface area contributed by atoms with E-state index < -0.39 is 29.6 Å². The Balaban J connectivity index is 2.48. The van der Waals surface area contributed by atoms with Crippen LogP contribution in [-0.4, -0.2) is 33.6 Å². The van der Waals surface area contributed by atoms with Crippen LogP contribution in [0, 0.1) is 5.41 Å². The highest BCUT2D eigenvalue weighted by Crippen LogP contribution is 2.43. The third-order valence-corrected chi connectivity index (χ3v) is 3.52. The van der Waals surface area contributed by atoms with Gasteiger partial charge in [0, 0.05) is 23.1 Å². The first kappa shape index (κ1) is 16.5. The van der Waals surface area contributed by atoms with Crippen molar-refractivity contribution in [3.8, 4) is 0 Å². The Kier molecular flexibility index (Phi) is 3.81. The Morgan fingerprint density at radius 2 is 1.77 bits per heavy atom. The standard InChI is InChI=1S/C15H17F3N2O2/c1-13(2,3)11-9-14(22,15(16,17)18)20(19-11)12(21)10-7-5-4-6-8-10/h4-8,22H,9H2,1-3H3/t14-/m1/s1. The van der Waals surface area contributed by atoms with Crippen molar-refractivity contribution in [2.24, 2.45) is 10.5 Å². The van der Waals surface area contributed by atoms with Gasteiger partial charge in [-0.15, -0.1) is 0 Å². The summed E-state index contributed by atoms with van der Waals surface area (Å²) in [5.74, 6) is -0.986. The van der Waals surface area contributed by atoms with E-state index in [2.05, 4.69) is 5.10 Å². The highest BCUT2D eigenvalue weighted by molar-refractivity contribution is 5.99. The molecule has 7 heteroatoms. The Morgan fingerprint density at radius 3 is 2.23 bits per heavy atom. The van der Waals surface area contributed by atoms with Crippen LogP contribution in [0.5, 0.6) is 0 Å². The van der Waals surface area contributed by atoms with E-state index >= 15 is 0 Å². The lowest BCUT2D eigenvalue weighted by Gasteiger charge is -2.32. The molecule has 1 aliphatic heterocycles. The molecule has 0 aliphatic carbocycles. The quantitative estimate of drug-likeness (QED) is 0.865. The normalized spacial score (nSPS) is 22.7. The number of amides is 1. The molecule has 1 amide bonds. The maximum Gasteiger partial charge on any atom is 0.438 e. The predicted molar refractivity (Wildman–Crippen MR) is 75.1 cm³/mol. The van der Waals surface area contributed by atoms with Crippen LogP contribution in [0.25, 0.3) is 0 Å². The van der Waals surface area contributed by atoms with Crippen molar-refractivity contribution in [1.82, 2.24) is 5.01 Å². The Hall–Kier alpha value is -1.89. The van der Waals surface area contributed by atoms with Crippen molar-refractivity contribution in [3.63, 3.8) is 0 Å². The zero-order valence-electron chi connectivity index (χ0n) is 12.5. The molecule has 0 bridgehead atoms. The summed E-state index contributed by atoms with van der Waals surface area (Å²) in [5, 5.41) is 14.1. The summed E-state index contributed by atoms with van der Waals surface area (Å²) in [6, 6.07) is 7.46. The first-order valence-electron chi connectivity index (χ1n) is 6.73. The first-order valence-corrected chi connectivity index (χ1v) is 6.73. The van der Waals surface area contributed by atoms with Crippen molar-refractivity contribution >= 4 is 11.6 Å². The number of hydrazone groups is 1. The number of carbonyl (C=O) groups is 1. The predicted octanol–water partition coefficient (Wildman–Crippen LogP) is 3.19. The number of alkyl halides is 3. The van der Waals surface area contributed by atoms with E-state index in [1.54, 1.807) is 26.8 Å². The summed E-state index contributed by atoms with van der Waals surface area (Å²) < 4.78 is 39.9. The van der Waals surface area contributed by atoms with E-state index in [0.29, 0.717) is 0 Å². The molecule has 1 aromatic rings. The van der Waals surface area contributed by atoms with E-state index in [9.17, 15) is 23.1 Å². The topological polar surface area (TPSA) is 52.9 Å². The summed E-state index contributed by atoms with van der Waals surface area (Å²) in [6.45, 7) is 5.04. The lowest BCUT2D eigenvalue weighted by atomic mass is 9.86. The largest absolute Gasteiger partial charge is 0.438 e. The van der Waals surface area contributed by atoms with Crippen LogP contribution in [0.2, 0.25) is 0 Å². The molecule has 1 N–H and O–H groups in total. The fraction of sp³-hybridized carbons (Fsp3) is 0.467. The molecule has 1 aromatic carbocycles. The van der Waals surface area contributed by atoms with Crippen LogP contribution in [0.15, 0.2) is 35.4 Å². The van der Waals surface area contributed by atoms with Crippen LogP contribution in [0.3, 0.4) is 0 Å². The zero-order chi connectivity index (χ0) is 16.8. The summed E-state index contributed by atoms with van der Waals surface area (Å²) in [5.41, 5.74) is -3.85. The highest BCUT2D eigenvalue weighted by atomic mass is 19.4.